The number of aromatic nitrogens is 3. The number of nitrogens with two attached hydrogens (primary N) is 1. The molecule has 0 fully saturated rings. The van der Waals surface area contributed by atoms with Crippen LogP contribution in [0.2, 0.25) is 0 Å². The molecule has 0 spiro atoms. The molecule has 0 aliphatic carbocycles. The van der Waals surface area contributed by atoms with Crippen LogP contribution in [0.3, 0.4) is 0 Å². The molecule has 9 heteroatoms. The van der Waals surface area contributed by atoms with Gasteiger partial charge in [-0.15, -0.1) is 10.2 Å². The van der Waals surface area contributed by atoms with Gasteiger partial charge in [-0.05, 0) is 28.7 Å². The molecule has 170 valence electrons. The number of nitrogens with zero attached hydrogens (tertiary/aromatic N) is 3. The number of rotatable bonds is 8. The van der Waals surface area contributed by atoms with E-state index in [1.165, 1.54) is 22.0 Å². The monoisotopic (exact) mass is 455 g/mol. The lowest BCUT2D eigenvalue weighted by atomic mass is 9.87. The van der Waals surface area contributed by atoms with E-state index in [0.717, 1.165) is 11.1 Å². The first-order valence-corrected chi connectivity index (χ1v) is 11.1. The average Bonchev–Trinajstić information content (AvgIpc) is 3.15. The molecule has 0 aliphatic heterocycles. The molecule has 2 aromatic carbocycles. The third-order valence-corrected chi connectivity index (χ3v) is 5.89. The van der Waals surface area contributed by atoms with Crippen LogP contribution < -0.4 is 20.6 Å². The van der Waals surface area contributed by atoms with Crippen molar-refractivity contribution in [2.75, 3.05) is 25.8 Å². The maximum absolute atomic E-state index is 12.3. The predicted octanol–water partition coefficient (Wildman–Crippen LogP) is 3.38. The van der Waals surface area contributed by atoms with Crippen LogP contribution in [0.15, 0.2) is 47.6 Å². The Morgan fingerprint density at radius 2 is 1.75 bits per heavy atom. The van der Waals surface area contributed by atoms with E-state index in [2.05, 4.69) is 48.4 Å². The molecule has 0 saturated heterocycles. The number of nitrogen functional groups attached to an aromatic ring is 1. The molecule has 8 nitrogen and oxygen atoms in total. The van der Waals surface area contributed by atoms with Crippen LogP contribution in [-0.4, -0.2) is 40.8 Å². The maximum atomic E-state index is 12.3. The number of carbonyl (C=O) groups excluding carboxylic acids is 1. The fourth-order valence-electron chi connectivity index (χ4n) is 3.06. The van der Waals surface area contributed by atoms with Crippen molar-refractivity contribution in [3.05, 3.63) is 53.6 Å². The first-order valence-electron chi connectivity index (χ1n) is 10.1. The van der Waals surface area contributed by atoms with E-state index >= 15 is 0 Å². The molecule has 1 aromatic heterocycles. The lowest BCUT2D eigenvalue weighted by Gasteiger charge is -2.19. The zero-order valence-corrected chi connectivity index (χ0v) is 19.8. The van der Waals surface area contributed by atoms with Crippen molar-refractivity contribution in [1.82, 2.24) is 20.2 Å². The molecule has 1 heterocycles. The van der Waals surface area contributed by atoms with Gasteiger partial charge in [0.25, 0.3) is 0 Å². The first-order chi connectivity index (χ1) is 15.2. The first kappa shape index (κ1) is 23.5. The largest absolute Gasteiger partial charge is 0.493 e. The number of thioether (sulfide) groups is 1. The highest BCUT2D eigenvalue weighted by Gasteiger charge is 2.16. The molecular weight excluding hydrogens is 426 g/mol. The predicted molar refractivity (Wildman–Crippen MR) is 126 cm³/mol. The van der Waals surface area contributed by atoms with Gasteiger partial charge in [-0.25, -0.2) is 4.68 Å². The molecule has 1 amide bonds. The average molecular weight is 456 g/mol. The lowest BCUT2D eigenvalue weighted by molar-refractivity contribution is -0.118. The van der Waals surface area contributed by atoms with Gasteiger partial charge in [-0.2, -0.15) is 0 Å². The summed E-state index contributed by atoms with van der Waals surface area (Å²) in [5.74, 6) is 8.04. The van der Waals surface area contributed by atoms with Gasteiger partial charge in [0.05, 0.1) is 20.0 Å². The van der Waals surface area contributed by atoms with Crippen LogP contribution >= 0.6 is 11.8 Å². The molecule has 3 aromatic rings. The normalized spacial score (nSPS) is 11.3. The van der Waals surface area contributed by atoms with Crippen molar-refractivity contribution in [3.8, 4) is 22.9 Å². The highest BCUT2D eigenvalue weighted by atomic mass is 32.2. The summed E-state index contributed by atoms with van der Waals surface area (Å²) in [6, 6.07) is 13.6. The second kappa shape index (κ2) is 9.95. The summed E-state index contributed by atoms with van der Waals surface area (Å²) >= 11 is 1.23. The van der Waals surface area contributed by atoms with Gasteiger partial charge >= 0.3 is 0 Å². The molecule has 32 heavy (non-hydrogen) atoms. The van der Waals surface area contributed by atoms with E-state index in [-0.39, 0.29) is 17.1 Å². The Morgan fingerprint density at radius 3 is 2.38 bits per heavy atom. The summed E-state index contributed by atoms with van der Waals surface area (Å²) in [7, 11) is 3.16. The minimum atomic E-state index is -0.135. The highest BCUT2D eigenvalue weighted by molar-refractivity contribution is 7.99. The number of methoxy groups -OCH3 is 2. The van der Waals surface area contributed by atoms with Crippen molar-refractivity contribution in [2.24, 2.45) is 0 Å². The standard InChI is InChI=1S/C23H29N5O3S/c1-23(2,3)17-9-7-16(8-10-17)21-26-27-22(28(21)24)32-14-20(29)25-13-15-6-11-18(30-4)19(12-15)31-5/h6-12H,13-14,24H2,1-5H3,(H,25,29). The molecule has 0 radical (unpaired) electrons. The summed E-state index contributed by atoms with van der Waals surface area (Å²) < 4.78 is 11.9. The Morgan fingerprint density at radius 1 is 1.06 bits per heavy atom. The van der Waals surface area contributed by atoms with Gasteiger partial charge < -0.3 is 20.6 Å². The topological polar surface area (TPSA) is 104 Å². The van der Waals surface area contributed by atoms with Gasteiger partial charge in [0, 0.05) is 12.1 Å². The SMILES string of the molecule is COc1ccc(CNC(=O)CSc2nnc(-c3ccc(C(C)(C)C)cc3)n2N)cc1OC. The summed E-state index contributed by atoms with van der Waals surface area (Å²) in [6.45, 7) is 6.87. The summed E-state index contributed by atoms with van der Waals surface area (Å²) in [6.07, 6.45) is 0. The minimum Gasteiger partial charge on any atom is -0.493 e. The maximum Gasteiger partial charge on any atom is 0.230 e. The van der Waals surface area contributed by atoms with Crippen LogP contribution in [0.5, 0.6) is 11.5 Å². The molecular formula is C23H29N5O3S. The van der Waals surface area contributed by atoms with Crippen molar-refractivity contribution < 1.29 is 14.3 Å². The van der Waals surface area contributed by atoms with Crippen molar-refractivity contribution in [3.63, 3.8) is 0 Å². The number of amides is 1. The second-order valence-corrected chi connectivity index (χ2v) is 9.20. The van der Waals surface area contributed by atoms with Gasteiger partial charge in [-0.3, -0.25) is 4.79 Å². The van der Waals surface area contributed by atoms with Crippen molar-refractivity contribution in [2.45, 2.75) is 37.9 Å². The molecule has 3 rings (SSSR count). The van der Waals surface area contributed by atoms with Gasteiger partial charge in [0.1, 0.15) is 0 Å². The van der Waals surface area contributed by atoms with E-state index in [4.69, 9.17) is 15.3 Å². The fourth-order valence-corrected chi connectivity index (χ4v) is 3.75. The number of benzene rings is 2. The Hall–Kier alpha value is -3.20. The van der Waals surface area contributed by atoms with Gasteiger partial charge in [0.2, 0.25) is 11.1 Å². The smallest absolute Gasteiger partial charge is 0.230 e. The van der Waals surface area contributed by atoms with E-state index in [9.17, 15) is 4.79 Å². The number of carbonyl (C=O) groups is 1. The van der Waals surface area contributed by atoms with Gasteiger partial charge in [0.15, 0.2) is 17.3 Å². The van der Waals surface area contributed by atoms with E-state index in [1.54, 1.807) is 14.2 Å². The van der Waals surface area contributed by atoms with Crippen molar-refractivity contribution in [1.29, 1.82) is 0 Å². The number of nitrogens with one attached hydrogen (secondary N) is 1. The Bertz CT molecular complexity index is 1070. The molecule has 3 N–H and O–H groups in total. The number of hydrogen-bond donors (Lipinski definition) is 2. The van der Waals surface area contributed by atoms with Crippen molar-refractivity contribution >= 4 is 17.7 Å². The van der Waals surface area contributed by atoms with Gasteiger partial charge in [-0.1, -0.05) is 62.9 Å². The van der Waals surface area contributed by atoms with Crippen LogP contribution in [0.1, 0.15) is 31.9 Å². The summed E-state index contributed by atoms with van der Waals surface area (Å²) in [4.78, 5) is 12.3. The van der Waals surface area contributed by atoms with Crippen LogP contribution in [-0.2, 0) is 16.8 Å². The lowest BCUT2D eigenvalue weighted by Crippen LogP contribution is -2.25. The minimum absolute atomic E-state index is 0.0697. The second-order valence-electron chi connectivity index (χ2n) is 8.26. The summed E-state index contributed by atoms with van der Waals surface area (Å²) in [5, 5.41) is 11.7. The number of hydrogen-bond acceptors (Lipinski definition) is 7. The molecule has 0 atom stereocenters. The third kappa shape index (κ3) is 5.53. The van der Waals surface area contributed by atoms with Crippen LogP contribution in [0.25, 0.3) is 11.4 Å². The Labute approximate surface area is 192 Å². The quantitative estimate of drug-likeness (QED) is 0.396. The zero-order chi connectivity index (χ0) is 23.3. The third-order valence-electron chi connectivity index (χ3n) is 4.94. The Kier molecular flexibility index (Phi) is 7.29. The fraction of sp³-hybridized carbons (Fsp3) is 0.348. The Balaban J connectivity index is 1.57. The summed E-state index contributed by atoms with van der Waals surface area (Å²) in [5.41, 5.74) is 3.08. The van der Waals surface area contributed by atoms with Crippen LogP contribution in [0.4, 0.5) is 0 Å². The molecule has 0 bridgehead atoms. The number of ether oxygens (including phenoxy) is 2. The zero-order valence-electron chi connectivity index (χ0n) is 19.0. The molecule has 0 saturated carbocycles. The molecule has 0 unspecified atom stereocenters. The van der Waals surface area contributed by atoms with E-state index in [0.29, 0.717) is 29.0 Å². The van der Waals surface area contributed by atoms with Crippen LogP contribution in [0, 0.1) is 0 Å². The van der Waals surface area contributed by atoms with E-state index in [1.807, 2.05) is 30.3 Å². The van der Waals surface area contributed by atoms with E-state index < -0.39 is 0 Å². The molecule has 0 aliphatic rings. The highest BCUT2D eigenvalue weighted by Crippen LogP contribution is 2.28.